The van der Waals surface area contributed by atoms with Crippen molar-refractivity contribution in [2.75, 3.05) is 26.3 Å². The molecule has 1 aromatic carbocycles. The molecule has 21 heavy (non-hydrogen) atoms. The van der Waals surface area contributed by atoms with Gasteiger partial charge in [-0.15, -0.1) is 0 Å². The fourth-order valence-corrected chi connectivity index (χ4v) is 3.27. The Morgan fingerprint density at radius 3 is 2.57 bits per heavy atom. The fraction of sp³-hybridized carbons (Fsp3) is 0.600. The Labute approximate surface area is 136 Å². The second kappa shape index (κ2) is 7.27. The molecule has 0 saturated carbocycles. The van der Waals surface area contributed by atoms with Gasteiger partial charge in [0, 0.05) is 34.7 Å². The van der Waals surface area contributed by atoms with Crippen molar-refractivity contribution in [2.45, 2.75) is 31.8 Å². The predicted octanol–water partition coefficient (Wildman–Crippen LogP) is 2.48. The highest BCUT2D eigenvalue weighted by atomic mass is 35.5. The van der Waals surface area contributed by atoms with Crippen molar-refractivity contribution in [3.8, 4) is 0 Å². The van der Waals surface area contributed by atoms with E-state index in [1.807, 2.05) is 12.1 Å². The molecular formula is C15H23Cl2N3O. The van der Waals surface area contributed by atoms with E-state index in [-0.39, 0.29) is 11.6 Å². The van der Waals surface area contributed by atoms with Crippen LogP contribution in [0.5, 0.6) is 0 Å². The summed E-state index contributed by atoms with van der Waals surface area (Å²) >= 11 is 12.2. The van der Waals surface area contributed by atoms with Gasteiger partial charge in [-0.3, -0.25) is 16.2 Å². The molecule has 0 spiro atoms. The molecule has 1 aromatic rings. The van der Waals surface area contributed by atoms with Crippen LogP contribution in [0, 0.1) is 0 Å². The van der Waals surface area contributed by atoms with E-state index >= 15 is 0 Å². The molecule has 118 valence electrons. The van der Waals surface area contributed by atoms with Crippen LogP contribution in [0.2, 0.25) is 10.0 Å². The zero-order valence-corrected chi connectivity index (χ0v) is 14.0. The molecule has 1 saturated heterocycles. The molecule has 1 aliphatic heterocycles. The van der Waals surface area contributed by atoms with E-state index in [2.05, 4.69) is 24.2 Å². The Balaban J connectivity index is 2.14. The first kappa shape index (κ1) is 17.0. The standard InChI is InChI=1S/C15H23Cl2N3O/c1-15(2,20-5-7-21-8-6-20)14(19-18)9-11-3-4-12(16)10-13(11)17/h3-4,10,14,19H,5-9,18H2,1-2H3. The first-order chi connectivity index (χ1) is 9.95. The summed E-state index contributed by atoms with van der Waals surface area (Å²) in [4.78, 5) is 2.41. The number of ether oxygens (including phenoxy) is 1. The van der Waals surface area contributed by atoms with Gasteiger partial charge in [0.25, 0.3) is 0 Å². The van der Waals surface area contributed by atoms with Gasteiger partial charge < -0.3 is 4.74 Å². The Hall–Kier alpha value is -0.360. The number of rotatable bonds is 5. The van der Waals surface area contributed by atoms with E-state index in [0.717, 1.165) is 38.3 Å². The number of nitrogens with two attached hydrogens (primary N) is 1. The van der Waals surface area contributed by atoms with Crippen LogP contribution in [-0.2, 0) is 11.2 Å². The largest absolute Gasteiger partial charge is 0.379 e. The highest BCUT2D eigenvalue weighted by molar-refractivity contribution is 6.35. The molecule has 1 atom stereocenters. The summed E-state index contributed by atoms with van der Waals surface area (Å²) < 4.78 is 5.43. The minimum atomic E-state index is -0.0957. The molecule has 1 unspecified atom stereocenters. The number of morpholine rings is 1. The number of nitrogens with one attached hydrogen (secondary N) is 1. The number of hydrogen-bond acceptors (Lipinski definition) is 4. The lowest BCUT2D eigenvalue weighted by atomic mass is 9.87. The summed E-state index contributed by atoms with van der Waals surface area (Å²) in [7, 11) is 0. The maximum atomic E-state index is 6.28. The quantitative estimate of drug-likeness (QED) is 0.642. The van der Waals surface area contributed by atoms with Gasteiger partial charge >= 0.3 is 0 Å². The molecule has 0 aromatic heterocycles. The molecule has 1 aliphatic rings. The molecule has 0 amide bonds. The molecule has 6 heteroatoms. The summed E-state index contributed by atoms with van der Waals surface area (Å²) in [5.74, 6) is 5.82. The third-order valence-electron chi connectivity index (χ3n) is 4.32. The topological polar surface area (TPSA) is 50.5 Å². The van der Waals surface area contributed by atoms with E-state index in [4.69, 9.17) is 33.8 Å². The van der Waals surface area contributed by atoms with Gasteiger partial charge in [0.2, 0.25) is 0 Å². The van der Waals surface area contributed by atoms with Gasteiger partial charge in [-0.25, -0.2) is 0 Å². The van der Waals surface area contributed by atoms with Crippen molar-refractivity contribution in [1.82, 2.24) is 10.3 Å². The number of benzene rings is 1. The van der Waals surface area contributed by atoms with Crippen LogP contribution in [0.25, 0.3) is 0 Å². The average molecular weight is 332 g/mol. The third-order valence-corrected chi connectivity index (χ3v) is 4.91. The SMILES string of the molecule is CC(C)(C(Cc1ccc(Cl)cc1Cl)NN)N1CCOCC1. The predicted molar refractivity (Wildman–Crippen MR) is 87.7 cm³/mol. The van der Waals surface area contributed by atoms with Crippen molar-refractivity contribution >= 4 is 23.2 Å². The van der Waals surface area contributed by atoms with Gasteiger partial charge in [0.15, 0.2) is 0 Å². The summed E-state index contributed by atoms with van der Waals surface area (Å²) in [5.41, 5.74) is 3.91. The van der Waals surface area contributed by atoms with Gasteiger partial charge in [-0.1, -0.05) is 29.3 Å². The number of halogens is 2. The highest BCUT2D eigenvalue weighted by Gasteiger charge is 2.36. The molecule has 2 rings (SSSR count). The van der Waals surface area contributed by atoms with Crippen molar-refractivity contribution in [1.29, 1.82) is 0 Å². The Morgan fingerprint density at radius 1 is 1.33 bits per heavy atom. The van der Waals surface area contributed by atoms with E-state index in [1.54, 1.807) is 6.07 Å². The number of nitrogens with zero attached hydrogens (tertiary/aromatic N) is 1. The number of hydrazine groups is 1. The summed E-state index contributed by atoms with van der Waals surface area (Å²) in [6.45, 7) is 7.77. The van der Waals surface area contributed by atoms with Crippen molar-refractivity contribution in [2.24, 2.45) is 5.84 Å². The third kappa shape index (κ3) is 4.09. The molecule has 3 N–H and O–H groups in total. The zero-order valence-electron chi connectivity index (χ0n) is 12.5. The maximum absolute atomic E-state index is 6.28. The monoisotopic (exact) mass is 331 g/mol. The zero-order chi connectivity index (χ0) is 15.5. The minimum Gasteiger partial charge on any atom is -0.379 e. The first-order valence-electron chi connectivity index (χ1n) is 7.18. The second-order valence-electron chi connectivity index (χ2n) is 5.91. The van der Waals surface area contributed by atoms with Crippen LogP contribution in [0.1, 0.15) is 19.4 Å². The van der Waals surface area contributed by atoms with Crippen LogP contribution < -0.4 is 11.3 Å². The van der Waals surface area contributed by atoms with Gasteiger partial charge in [-0.05, 0) is 38.0 Å². The minimum absolute atomic E-state index is 0.0780. The highest BCUT2D eigenvalue weighted by Crippen LogP contribution is 2.27. The smallest absolute Gasteiger partial charge is 0.0594 e. The van der Waals surface area contributed by atoms with Gasteiger partial charge in [-0.2, -0.15) is 0 Å². The average Bonchev–Trinajstić information content (AvgIpc) is 2.47. The Kier molecular flexibility index (Phi) is 5.88. The fourth-order valence-electron chi connectivity index (χ4n) is 2.78. The molecule has 1 heterocycles. The van der Waals surface area contributed by atoms with Crippen LogP contribution >= 0.6 is 23.2 Å². The number of hydrogen-bond donors (Lipinski definition) is 2. The summed E-state index contributed by atoms with van der Waals surface area (Å²) in [5, 5.41) is 1.33. The van der Waals surface area contributed by atoms with Gasteiger partial charge in [0.1, 0.15) is 0 Å². The molecule has 0 aliphatic carbocycles. The molecular weight excluding hydrogens is 309 g/mol. The first-order valence-corrected chi connectivity index (χ1v) is 7.93. The van der Waals surface area contributed by atoms with Gasteiger partial charge in [0.05, 0.1) is 13.2 Å². The van der Waals surface area contributed by atoms with Crippen LogP contribution in [-0.4, -0.2) is 42.8 Å². The summed E-state index contributed by atoms with van der Waals surface area (Å²) in [6, 6.07) is 5.67. The van der Waals surface area contributed by atoms with Crippen molar-refractivity contribution < 1.29 is 4.74 Å². The maximum Gasteiger partial charge on any atom is 0.0594 e. The lowest BCUT2D eigenvalue weighted by molar-refractivity contribution is -0.0233. The van der Waals surface area contributed by atoms with Crippen molar-refractivity contribution in [3.63, 3.8) is 0 Å². The van der Waals surface area contributed by atoms with E-state index in [9.17, 15) is 0 Å². The summed E-state index contributed by atoms with van der Waals surface area (Å²) in [6.07, 6.45) is 0.747. The molecule has 0 bridgehead atoms. The molecule has 1 fully saturated rings. The van der Waals surface area contributed by atoms with E-state index in [1.165, 1.54) is 0 Å². The van der Waals surface area contributed by atoms with E-state index < -0.39 is 0 Å². The lowest BCUT2D eigenvalue weighted by Gasteiger charge is -2.45. The van der Waals surface area contributed by atoms with E-state index in [0.29, 0.717) is 10.0 Å². The van der Waals surface area contributed by atoms with Crippen LogP contribution in [0.4, 0.5) is 0 Å². The Morgan fingerprint density at radius 2 is 2.00 bits per heavy atom. The van der Waals surface area contributed by atoms with Crippen LogP contribution in [0.15, 0.2) is 18.2 Å². The lowest BCUT2D eigenvalue weighted by Crippen LogP contribution is -2.62. The second-order valence-corrected chi connectivity index (χ2v) is 6.76. The normalized spacial score (nSPS) is 18.7. The molecule has 0 radical (unpaired) electrons. The molecule has 4 nitrogen and oxygen atoms in total. The van der Waals surface area contributed by atoms with Crippen LogP contribution in [0.3, 0.4) is 0 Å². The van der Waals surface area contributed by atoms with Crippen molar-refractivity contribution in [3.05, 3.63) is 33.8 Å². The Bertz CT molecular complexity index is 476.